The number of nitrogens with one attached hydrogen (secondary N) is 2. The van der Waals surface area contributed by atoms with Crippen molar-refractivity contribution in [3.63, 3.8) is 0 Å². The number of para-hydroxylation sites is 1. The first-order chi connectivity index (χ1) is 16.3. The molecule has 10 heteroatoms. The van der Waals surface area contributed by atoms with Crippen molar-refractivity contribution >= 4 is 22.8 Å². The van der Waals surface area contributed by atoms with Gasteiger partial charge in [-0.25, -0.2) is 4.98 Å². The summed E-state index contributed by atoms with van der Waals surface area (Å²) < 4.78 is 45.6. The van der Waals surface area contributed by atoms with E-state index in [1.807, 2.05) is 30.5 Å². The van der Waals surface area contributed by atoms with Gasteiger partial charge in [-0.2, -0.15) is 13.2 Å². The maximum atomic E-state index is 13.3. The molecule has 2 N–H and O–H groups in total. The van der Waals surface area contributed by atoms with Gasteiger partial charge >= 0.3 is 6.18 Å². The molecule has 0 bridgehead atoms. The van der Waals surface area contributed by atoms with E-state index in [4.69, 9.17) is 4.42 Å². The van der Waals surface area contributed by atoms with Crippen LogP contribution in [0.3, 0.4) is 0 Å². The molecule has 1 aliphatic heterocycles. The van der Waals surface area contributed by atoms with E-state index in [0.29, 0.717) is 13.0 Å². The first-order valence-corrected chi connectivity index (χ1v) is 11.6. The SMILES string of the molecule is CCCCC(Cc1c[nH]c2ccccc12)NC(=O)c1cnc(N2CCN(C)C(C(F)(F)F)C2)o1. The molecular formula is C24H30F3N5O2. The van der Waals surface area contributed by atoms with Crippen molar-refractivity contribution in [1.82, 2.24) is 20.2 Å². The molecule has 0 saturated carbocycles. The molecule has 4 rings (SSSR count). The fraction of sp³-hybridized carbons (Fsp3) is 0.500. The highest BCUT2D eigenvalue weighted by Crippen LogP contribution is 2.29. The Bertz CT molecular complexity index is 1110. The average Bonchev–Trinajstić information content (AvgIpc) is 3.45. The number of anilines is 1. The van der Waals surface area contributed by atoms with Crippen LogP contribution in [0, 0.1) is 0 Å². The summed E-state index contributed by atoms with van der Waals surface area (Å²) in [5, 5.41) is 4.15. The number of rotatable bonds is 8. The maximum absolute atomic E-state index is 13.3. The summed E-state index contributed by atoms with van der Waals surface area (Å²) in [6, 6.07) is 6.32. The van der Waals surface area contributed by atoms with Crippen LogP contribution >= 0.6 is 0 Å². The first-order valence-electron chi connectivity index (χ1n) is 11.6. The Labute approximate surface area is 196 Å². The van der Waals surface area contributed by atoms with Gasteiger partial charge in [0, 0.05) is 42.8 Å². The smallest absolute Gasteiger partial charge is 0.405 e. The molecule has 7 nitrogen and oxygen atoms in total. The molecule has 0 spiro atoms. The molecule has 0 aliphatic carbocycles. The van der Waals surface area contributed by atoms with Crippen molar-refractivity contribution in [3.8, 4) is 0 Å². The number of carbonyl (C=O) groups excluding carboxylic acids is 1. The fourth-order valence-corrected chi connectivity index (χ4v) is 4.42. The molecule has 1 aromatic carbocycles. The Balaban J connectivity index is 1.44. The van der Waals surface area contributed by atoms with Crippen molar-refractivity contribution < 1.29 is 22.4 Å². The quantitative estimate of drug-likeness (QED) is 0.504. The number of amides is 1. The van der Waals surface area contributed by atoms with Crippen LogP contribution in [0.5, 0.6) is 0 Å². The van der Waals surface area contributed by atoms with Gasteiger partial charge in [0.1, 0.15) is 6.04 Å². The first kappa shape index (κ1) is 24.1. The van der Waals surface area contributed by atoms with Crippen LogP contribution in [0.15, 0.2) is 41.1 Å². The lowest BCUT2D eigenvalue weighted by molar-refractivity contribution is -0.180. The Morgan fingerprint density at radius 1 is 1.32 bits per heavy atom. The largest absolute Gasteiger partial charge is 0.418 e. The number of hydrogen-bond acceptors (Lipinski definition) is 5. The zero-order valence-electron chi connectivity index (χ0n) is 19.4. The van der Waals surface area contributed by atoms with Gasteiger partial charge < -0.3 is 19.6 Å². The van der Waals surface area contributed by atoms with Gasteiger partial charge in [0.25, 0.3) is 11.9 Å². The van der Waals surface area contributed by atoms with Crippen LogP contribution in [0.2, 0.25) is 0 Å². The zero-order chi connectivity index (χ0) is 24.3. The number of hydrogen-bond donors (Lipinski definition) is 2. The minimum absolute atomic E-state index is 0.00193. The summed E-state index contributed by atoms with van der Waals surface area (Å²) in [7, 11) is 1.45. The highest BCUT2D eigenvalue weighted by Gasteiger charge is 2.45. The number of halogens is 3. The second-order valence-electron chi connectivity index (χ2n) is 8.87. The van der Waals surface area contributed by atoms with Crippen LogP contribution < -0.4 is 10.2 Å². The molecule has 0 radical (unpaired) electrons. The maximum Gasteiger partial charge on any atom is 0.405 e. The number of carbonyl (C=O) groups is 1. The second kappa shape index (κ2) is 10.1. The molecule has 2 aromatic heterocycles. The van der Waals surface area contributed by atoms with Gasteiger partial charge in [-0.15, -0.1) is 0 Å². The molecule has 34 heavy (non-hydrogen) atoms. The van der Waals surface area contributed by atoms with Crippen LogP contribution in [-0.4, -0.2) is 65.7 Å². The molecule has 2 unspecified atom stereocenters. The van der Waals surface area contributed by atoms with E-state index < -0.39 is 18.1 Å². The Kier molecular flexibility index (Phi) is 7.16. The van der Waals surface area contributed by atoms with Gasteiger partial charge in [-0.3, -0.25) is 9.69 Å². The van der Waals surface area contributed by atoms with E-state index in [1.54, 1.807) is 0 Å². The molecular weight excluding hydrogens is 447 g/mol. The highest BCUT2D eigenvalue weighted by atomic mass is 19.4. The molecule has 1 saturated heterocycles. The molecule has 184 valence electrons. The predicted molar refractivity (Wildman–Crippen MR) is 124 cm³/mol. The lowest BCUT2D eigenvalue weighted by atomic mass is 10.0. The number of alkyl halides is 3. The summed E-state index contributed by atoms with van der Waals surface area (Å²) in [6.07, 6.45) is 2.30. The van der Waals surface area contributed by atoms with Crippen molar-refractivity contribution in [2.75, 3.05) is 31.6 Å². The number of aromatic amines is 1. The van der Waals surface area contributed by atoms with Crippen molar-refractivity contribution in [1.29, 1.82) is 0 Å². The number of unbranched alkanes of at least 4 members (excludes halogenated alkanes) is 1. The van der Waals surface area contributed by atoms with Crippen molar-refractivity contribution in [2.24, 2.45) is 0 Å². The monoisotopic (exact) mass is 477 g/mol. The molecule has 1 fully saturated rings. The topological polar surface area (TPSA) is 77.4 Å². The van der Waals surface area contributed by atoms with Crippen LogP contribution in [-0.2, 0) is 6.42 Å². The van der Waals surface area contributed by atoms with Crippen LogP contribution in [0.1, 0.15) is 42.3 Å². The lowest BCUT2D eigenvalue weighted by Gasteiger charge is -2.39. The number of oxazole rings is 1. The van der Waals surface area contributed by atoms with E-state index in [9.17, 15) is 18.0 Å². The van der Waals surface area contributed by atoms with Crippen LogP contribution in [0.4, 0.5) is 19.2 Å². The lowest BCUT2D eigenvalue weighted by Crippen LogP contribution is -2.57. The molecule has 3 aromatic rings. The van der Waals surface area contributed by atoms with E-state index in [2.05, 4.69) is 22.2 Å². The molecule has 2 atom stereocenters. The van der Waals surface area contributed by atoms with Gasteiger partial charge in [0.05, 0.1) is 6.20 Å². The third-order valence-corrected chi connectivity index (χ3v) is 6.40. The van der Waals surface area contributed by atoms with E-state index in [0.717, 1.165) is 35.7 Å². The van der Waals surface area contributed by atoms with Gasteiger partial charge in [-0.05, 0) is 31.5 Å². The van der Waals surface area contributed by atoms with Crippen molar-refractivity contribution in [3.05, 3.63) is 48.0 Å². The number of aromatic nitrogens is 2. The second-order valence-corrected chi connectivity index (χ2v) is 8.87. The Hall–Kier alpha value is -3.01. The number of likely N-dealkylation sites (N-methyl/N-ethyl adjacent to an activating group) is 1. The number of benzene rings is 1. The molecule has 3 heterocycles. The molecule has 1 aliphatic rings. The number of fused-ring (bicyclic) bond motifs is 1. The number of piperazine rings is 1. The fourth-order valence-electron chi connectivity index (χ4n) is 4.42. The van der Waals surface area contributed by atoms with Crippen LogP contribution in [0.25, 0.3) is 10.9 Å². The van der Waals surface area contributed by atoms with E-state index in [1.165, 1.54) is 23.0 Å². The normalized spacial score (nSPS) is 18.4. The van der Waals surface area contributed by atoms with Gasteiger partial charge in [-0.1, -0.05) is 38.0 Å². The Morgan fingerprint density at radius 3 is 2.88 bits per heavy atom. The summed E-state index contributed by atoms with van der Waals surface area (Å²) in [5.41, 5.74) is 2.16. The third-order valence-electron chi connectivity index (χ3n) is 6.40. The van der Waals surface area contributed by atoms with E-state index >= 15 is 0 Å². The van der Waals surface area contributed by atoms with Crippen molar-refractivity contribution in [2.45, 2.75) is 50.9 Å². The predicted octanol–water partition coefficient (Wildman–Crippen LogP) is 4.37. The van der Waals surface area contributed by atoms with Gasteiger partial charge in [0.15, 0.2) is 0 Å². The summed E-state index contributed by atoms with van der Waals surface area (Å²) >= 11 is 0. The van der Waals surface area contributed by atoms with E-state index in [-0.39, 0.29) is 30.9 Å². The highest BCUT2D eigenvalue weighted by molar-refractivity contribution is 5.91. The zero-order valence-corrected chi connectivity index (χ0v) is 19.4. The molecule has 1 amide bonds. The minimum atomic E-state index is -4.35. The van der Waals surface area contributed by atoms with Gasteiger partial charge in [0.2, 0.25) is 5.76 Å². The standard InChI is InChI=1S/C24H30F3N5O2/c1-3-4-7-17(12-16-13-28-19-9-6-5-8-18(16)19)30-22(33)20-14-29-23(34-20)32-11-10-31(2)21(15-32)24(25,26)27/h5-6,8-9,13-14,17,21,28H,3-4,7,10-12,15H2,1-2H3,(H,30,33). The summed E-state index contributed by atoms with van der Waals surface area (Å²) in [4.78, 5) is 23.0. The summed E-state index contributed by atoms with van der Waals surface area (Å²) in [6.45, 7) is 2.36. The third kappa shape index (κ3) is 5.38. The number of H-pyrrole nitrogens is 1. The minimum Gasteiger partial charge on any atom is -0.418 e. The Morgan fingerprint density at radius 2 is 2.12 bits per heavy atom. The average molecular weight is 478 g/mol. The summed E-state index contributed by atoms with van der Waals surface area (Å²) in [5.74, 6) is -0.417. The number of nitrogens with zero attached hydrogens (tertiary/aromatic N) is 3.